The molecule has 22 heteroatoms. The van der Waals surface area contributed by atoms with Crippen molar-refractivity contribution in [3.63, 3.8) is 0 Å². The maximum absolute atomic E-state index is 12.5. The van der Waals surface area contributed by atoms with Gasteiger partial charge in [0.05, 0.1) is 39.0 Å². The molecule has 13 N–H and O–H groups in total. The fourth-order valence-electron chi connectivity index (χ4n) is 6.47. The lowest BCUT2D eigenvalue weighted by molar-refractivity contribution is -0.327. The number of unbranched alkanes of at least 4 members (excludes halogenated alkanes) is 1. The zero-order chi connectivity index (χ0) is 39.2. The zero-order valence-corrected chi connectivity index (χ0v) is 29.0. The van der Waals surface area contributed by atoms with Gasteiger partial charge >= 0.3 is 17.9 Å². The van der Waals surface area contributed by atoms with Gasteiger partial charge in [-0.15, -0.1) is 0 Å². The molecule has 2 saturated heterocycles. The largest absolute Gasteiger partial charge is 0.480 e. The fourth-order valence-corrected chi connectivity index (χ4v) is 6.47. The maximum Gasteiger partial charge on any atom is 0.320 e. The molecule has 2 rings (SSSR count). The Morgan fingerprint density at radius 2 is 1.60 bits per heavy atom. The fraction of sp³-hybridized carbons (Fsp3) is 0.900. The molecule has 0 aromatic carbocycles. The predicted octanol–water partition coefficient (Wildman–Crippen LogP) is -6.20. The van der Waals surface area contributed by atoms with Gasteiger partial charge in [-0.3, -0.25) is 34.3 Å². The molecule has 0 radical (unpaired) electrons. The van der Waals surface area contributed by atoms with Crippen LogP contribution in [0.3, 0.4) is 0 Å². The first kappa shape index (κ1) is 45.9. The lowest BCUT2D eigenvalue weighted by Crippen LogP contribution is -2.61. The Labute approximate surface area is 299 Å². The van der Waals surface area contributed by atoms with Gasteiger partial charge in [0, 0.05) is 44.8 Å². The van der Waals surface area contributed by atoms with Crippen molar-refractivity contribution in [3.05, 3.63) is 0 Å². The average molecular weight is 761 g/mol. The Bertz CT molecular complexity index is 1080. The van der Waals surface area contributed by atoms with E-state index in [-0.39, 0.29) is 52.3 Å². The van der Waals surface area contributed by atoms with Crippen LogP contribution in [0.2, 0.25) is 0 Å². The van der Waals surface area contributed by atoms with Crippen molar-refractivity contribution in [3.8, 4) is 0 Å². The van der Waals surface area contributed by atoms with Gasteiger partial charge in [-0.2, -0.15) is 0 Å². The summed E-state index contributed by atoms with van der Waals surface area (Å²) >= 11 is 0. The minimum Gasteiger partial charge on any atom is -0.480 e. The normalized spacial score (nSPS) is 29.2. The van der Waals surface area contributed by atoms with Crippen molar-refractivity contribution in [2.75, 3.05) is 78.7 Å². The molecule has 0 saturated carbocycles. The van der Waals surface area contributed by atoms with Gasteiger partial charge in [-0.05, 0) is 26.3 Å². The first-order valence-electron chi connectivity index (χ1n) is 17.0. The van der Waals surface area contributed by atoms with Gasteiger partial charge in [-0.25, -0.2) is 4.89 Å². The van der Waals surface area contributed by atoms with Crippen LogP contribution in [0, 0.1) is 0 Å². The third-order valence-electron chi connectivity index (χ3n) is 9.32. The van der Waals surface area contributed by atoms with Crippen LogP contribution < -0.4 is 5.32 Å². The predicted molar refractivity (Wildman–Crippen MR) is 174 cm³/mol. The number of carboxylic acids is 3. The molecule has 0 amide bonds. The number of ether oxygens (including phenoxy) is 2. The molecule has 0 aliphatic carbocycles. The van der Waals surface area contributed by atoms with Crippen LogP contribution >= 0.6 is 0 Å². The maximum atomic E-state index is 12.5. The molecule has 2 heterocycles. The first-order valence-corrected chi connectivity index (χ1v) is 17.0. The summed E-state index contributed by atoms with van der Waals surface area (Å²) in [5.41, 5.74) is -1.12. The van der Waals surface area contributed by atoms with E-state index in [4.69, 9.17) is 14.7 Å². The van der Waals surface area contributed by atoms with Crippen molar-refractivity contribution in [2.45, 2.75) is 92.9 Å². The van der Waals surface area contributed by atoms with Crippen LogP contribution in [0.25, 0.3) is 0 Å². The van der Waals surface area contributed by atoms with E-state index < -0.39 is 111 Å². The highest BCUT2D eigenvalue weighted by molar-refractivity contribution is 5.74. The number of aliphatic carboxylic acids is 3. The molecule has 0 spiro atoms. The average Bonchev–Trinajstić information content (AvgIpc) is 3.26. The van der Waals surface area contributed by atoms with Gasteiger partial charge in [0.1, 0.15) is 48.8 Å². The van der Waals surface area contributed by atoms with Crippen LogP contribution in [0.4, 0.5) is 0 Å². The SMILES string of the molecule is CC1(N(CC(=O)O)CC(=O)O)CN(CCOO)CCN(C(CCCCNCC(O)C(O)C(OC2OC(CO)C(O)C(O)C2O)C(O)CO)C(=O)O)C1. The number of hydrogen-bond acceptors (Lipinski definition) is 19. The number of carbonyl (C=O) groups is 3. The Kier molecular flexibility index (Phi) is 19.6. The van der Waals surface area contributed by atoms with E-state index in [2.05, 4.69) is 10.2 Å². The Morgan fingerprint density at radius 1 is 0.942 bits per heavy atom. The summed E-state index contributed by atoms with van der Waals surface area (Å²) in [6.45, 7) is -0.406. The van der Waals surface area contributed by atoms with E-state index in [0.717, 1.165) is 0 Å². The van der Waals surface area contributed by atoms with Crippen LogP contribution in [0.5, 0.6) is 0 Å². The minimum atomic E-state index is -1.88. The molecular weight excluding hydrogens is 704 g/mol. The Hall–Kier alpha value is -2.23. The van der Waals surface area contributed by atoms with Gasteiger partial charge in [0.2, 0.25) is 0 Å². The number of carboxylic acid groups (broad SMARTS) is 3. The minimum absolute atomic E-state index is 0.0232. The van der Waals surface area contributed by atoms with Crippen LogP contribution in [-0.2, 0) is 28.7 Å². The molecule has 22 nitrogen and oxygen atoms in total. The molecule has 2 aliphatic heterocycles. The summed E-state index contributed by atoms with van der Waals surface area (Å²) < 4.78 is 10.6. The Balaban J connectivity index is 2.01. The highest BCUT2D eigenvalue weighted by Gasteiger charge is 2.47. The monoisotopic (exact) mass is 760 g/mol. The highest BCUT2D eigenvalue weighted by atomic mass is 17.1. The van der Waals surface area contributed by atoms with Gasteiger partial charge < -0.3 is 71.0 Å². The molecular formula is C30H56N4O18. The molecule has 0 aromatic heterocycles. The van der Waals surface area contributed by atoms with E-state index in [1.165, 1.54) is 4.90 Å². The number of nitrogens with one attached hydrogen (secondary N) is 1. The zero-order valence-electron chi connectivity index (χ0n) is 29.0. The van der Waals surface area contributed by atoms with E-state index in [1.54, 1.807) is 11.8 Å². The first-order chi connectivity index (χ1) is 24.5. The van der Waals surface area contributed by atoms with Gasteiger partial charge in [0.25, 0.3) is 0 Å². The number of aliphatic hydroxyl groups is 8. The lowest BCUT2D eigenvalue weighted by Gasteiger charge is -2.43. The summed E-state index contributed by atoms with van der Waals surface area (Å²) in [6, 6.07) is -1.03. The number of aliphatic hydroxyl groups excluding tert-OH is 8. The van der Waals surface area contributed by atoms with Crippen LogP contribution in [0.15, 0.2) is 0 Å². The van der Waals surface area contributed by atoms with Crippen LogP contribution in [-0.4, -0.2) is 239 Å². The van der Waals surface area contributed by atoms with E-state index >= 15 is 0 Å². The molecule has 2 aliphatic rings. The number of nitrogens with zero attached hydrogens (tertiary/aromatic N) is 3. The van der Waals surface area contributed by atoms with Crippen molar-refractivity contribution in [2.24, 2.45) is 0 Å². The summed E-state index contributed by atoms with van der Waals surface area (Å²) in [4.78, 5) is 44.7. The second-order valence-electron chi connectivity index (χ2n) is 13.4. The van der Waals surface area contributed by atoms with Crippen LogP contribution in [0.1, 0.15) is 26.2 Å². The summed E-state index contributed by atoms with van der Waals surface area (Å²) in [7, 11) is 0. The standard InChI is InChI=1S/C30H56N4O18/c1-30(34(11-21(39)40)12-22(41)42)15-32(8-9-50-49)6-7-33(16-30)17(28(47)48)4-2-3-5-31-10-18(37)23(43)27(19(38)13-35)52-29-26(46)25(45)24(44)20(14-36)51-29/h17-20,23-27,29,31,35-38,43-46,49H,2-16H2,1H3,(H,39,40)(H,41,42)(H,47,48). The summed E-state index contributed by atoms with van der Waals surface area (Å²) in [6.07, 6.45) is -14.6. The summed E-state index contributed by atoms with van der Waals surface area (Å²) in [5.74, 6) is -3.66. The quantitative estimate of drug-likeness (QED) is 0.0247. The summed E-state index contributed by atoms with van der Waals surface area (Å²) in [5, 5.41) is 122. The van der Waals surface area contributed by atoms with Gasteiger partial charge in [0.15, 0.2) is 6.29 Å². The number of hydrogen-bond donors (Lipinski definition) is 13. The highest BCUT2D eigenvalue weighted by Crippen LogP contribution is 2.26. The topological polar surface area (TPSA) is 343 Å². The number of rotatable bonds is 24. The molecule has 11 atom stereocenters. The molecule has 0 aromatic rings. The van der Waals surface area contributed by atoms with Gasteiger partial charge in [-0.1, -0.05) is 6.42 Å². The van der Waals surface area contributed by atoms with E-state index in [1.807, 2.05) is 4.90 Å². The molecule has 11 unspecified atom stereocenters. The molecule has 2 fully saturated rings. The third kappa shape index (κ3) is 13.6. The Morgan fingerprint density at radius 3 is 2.15 bits per heavy atom. The second kappa shape index (κ2) is 22.2. The molecule has 0 bridgehead atoms. The van der Waals surface area contributed by atoms with Crippen molar-refractivity contribution >= 4 is 17.9 Å². The van der Waals surface area contributed by atoms with Crippen molar-refractivity contribution < 1.29 is 90.2 Å². The smallest absolute Gasteiger partial charge is 0.320 e. The lowest BCUT2D eigenvalue weighted by atomic mass is 9.96. The van der Waals surface area contributed by atoms with Crippen molar-refractivity contribution in [1.82, 2.24) is 20.0 Å². The van der Waals surface area contributed by atoms with Crippen molar-refractivity contribution in [1.29, 1.82) is 0 Å². The molecule has 52 heavy (non-hydrogen) atoms. The third-order valence-corrected chi connectivity index (χ3v) is 9.32. The second-order valence-corrected chi connectivity index (χ2v) is 13.4. The molecule has 304 valence electrons. The van der Waals surface area contributed by atoms with E-state index in [0.29, 0.717) is 19.4 Å². The van der Waals surface area contributed by atoms with E-state index in [9.17, 15) is 70.6 Å².